The van der Waals surface area contributed by atoms with Crippen LogP contribution in [0, 0.1) is 0 Å². The molecule has 0 aliphatic heterocycles. The van der Waals surface area contributed by atoms with Gasteiger partial charge in [0.1, 0.15) is 0 Å². The minimum absolute atomic E-state index is 0.739. The van der Waals surface area contributed by atoms with Crippen LogP contribution in [0.4, 0.5) is 5.69 Å². The summed E-state index contributed by atoms with van der Waals surface area (Å²) >= 11 is 3.35. The number of aromatic nitrogens is 3. The van der Waals surface area contributed by atoms with Crippen LogP contribution in [0.5, 0.6) is 0 Å². The van der Waals surface area contributed by atoms with E-state index < -0.39 is 0 Å². The molecule has 0 fully saturated rings. The molecule has 0 bridgehead atoms. The third kappa shape index (κ3) is 3.81. The van der Waals surface area contributed by atoms with Gasteiger partial charge in [-0.05, 0) is 23.4 Å². The van der Waals surface area contributed by atoms with Gasteiger partial charge in [0, 0.05) is 11.4 Å². The number of hydrogen-bond donors (Lipinski definition) is 2. The summed E-state index contributed by atoms with van der Waals surface area (Å²) in [6, 6.07) is 7.81. The second-order valence-corrected chi connectivity index (χ2v) is 6.15. The third-order valence-electron chi connectivity index (χ3n) is 2.52. The van der Waals surface area contributed by atoms with E-state index in [1.807, 2.05) is 24.3 Å². The van der Waals surface area contributed by atoms with E-state index in [1.54, 1.807) is 28.2 Å². The molecule has 4 N–H and O–H groups in total. The molecule has 0 spiro atoms. The van der Waals surface area contributed by atoms with Crippen molar-refractivity contribution in [2.45, 2.75) is 23.6 Å². The van der Waals surface area contributed by atoms with Gasteiger partial charge in [-0.2, -0.15) is 11.8 Å². The number of anilines is 1. The predicted molar refractivity (Wildman–Crippen MR) is 82.4 cm³/mol. The summed E-state index contributed by atoms with van der Waals surface area (Å²) in [6.45, 7) is 2.11. The lowest BCUT2D eigenvalue weighted by molar-refractivity contribution is 0.821. The molecule has 19 heavy (non-hydrogen) atoms. The van der Waals surface area contributed by atoms with Crippen LogP contribution in [0.1, 0.15) is 18.3 Å². The zero-order valence-electron chi connectivity index (χ0n) is 10.7. The highest BCUT2D eigenvalue weighted by Crippen LogP contribution is 2.22. The number of benzene rings is 1. The highest BCUT2D eigenvalue weighted by molar-refractivity contribution is 7.98. The Morgan fingerprint density at radius 2 is 1.89 bits per heavy atom. The van der Waals surface area contributed by atoms with Crippen molar-refractivity contribution in [3.63, 3.8) is 0 Å². The first kappa shape index (κ1) is 14.1. The maximum Gasteiger partial charge on any atom is 0.210 e. The van der Waals surface area contributed by atoms with Crippen LogP contribution in [0.3, 0.4) is 0 Å². The molecule has 2 rings (SSSR count). The molecule has 0 atom stereocenters. The molecule has 1 aromatic carbocycles. The Morgan fingerprint density at radius 1 is 1.16 bits per heavy atom. The summed E-state index contributed by atoms with van der Waals surface area (Å²) in [5, 5.41) is 8.96. The van der Waals surface area contributed by atoms with E-state index in [-0.39, 0.29) is 0 Å². The lowest BCUT2D eigenvalue weighted by Crippen LogP contribution is -2.13. The van der Waals surface area contributed by atoms with Crippen molar-refractivity contribution in [3.05, 3.63) is 35.7 Å². The Morgan fingerprint density at radius 3 is 2.58 bits per heavy atom. The van der Waals surface area contributed by atoms with Gasteiger partial charge in [0.2, 0.25) is 5.16 Å². The quantitative estimate of drug-likeness (QED) is 0.482. The zero-order valence-corrected chi connectivity index (χ0v) is 12.4. The maximum atomic E-state index is 5.97. The minimum atomic E-state index is 0.739. The summed E-state index contributed by atoms with van der Waals surface area (Å²) in [6.07, 6.45) is 0. The van der Waals surface area contributed by atoms with Crippen molar-refractivity contribution >= 4 is 29.2 Å². The molecular weight excluding hydrogens is 278 g/mol. The highest BCUT2D eigenvalue weighted by atomic mass is 32.2. The molecule has 0 saturated heterocycles. The normalized spacial score (nSPS) is 10.8. The van der Waals surface area contributed by atoms with E-state index in [2.05, 4.69) is 17.1 Å². The first-order valence-corrected chi connectivity index (χ1v) is 8.09. The van der Waals surface area contributed by atoms with Crippen molar-refractivity contribution in [2.75, 3.05) is 17.3 Å². The lowest BCUT2D eigenvalue weighted by atomic mass is 10.2. The van der Waals surface area contributed by atoms with Gasteiger partial charge in [0.25, 0.3) is 0 Å². The molecule has 0 radical (unpaired) electrons. The van der Waals surface area contributed by atoms with Gasteiger partial charge < -0.3 is 11.6 Å². The predicted octanol–water partition coefficient (Wildman–Crippen LogP) is 2.12. The van der Waals surface area contributed by atoms with Gasteiger partial charge in [-0.25, -0.2) is 4.68 Å². The number of hydrogen-bond acceptors (Lipinski definition) is 6. The van der Waals surface area contributed by atoms with Gasteiger partial charge in [-0.3, -0.25) is 0 Å². The first-order valence-electron chi connectivity index (χ1n) is 5.95. The van der Waals surface area contributed by atoms with Crippen LogP contribution in [-0.4, -0.2) is 20.6 Å². The summed E-state index contributed by atoms with van der Waals surface area (Å²) < 4.78 is 1.57. The van der Waals surface area contributed by atoms with E-state index in [0.29, 0.717) is 0 Å². The van der Waals surface area contributed by atoms with Crippen molar-refractivity contribution in [1.82, 2.24) is 14.9 Å². The van der Waals surface area contributed by atoms with Gasteiger partial charge >= 0.3 is 0 Å². The van der Waals surface area contributed by atoms with E-state index >= 15 is 0 Å². The van der Waals surface area contributed by atoms with Crippen molar-refractivity contribution < 1.29 is 0 Å². The zero-order chi connectivity index (χ0) is 13.7. The average molecular weight is 295 g/mol. The molecule has 102 valence electrons. The third-order valence-corrected chi connectivity index (χ3v) is 4.40. The van der Waals surface area contributed by atoms with Crippen LogP contribution in [-0.2, 0) is 11.5 Å². The number of nitrogens with two attached hydrogens (primary N) is 2. The van der Waals surface area contributed by atoms with E-state index in [0.717, 1.165) is 33.9 Å². The molecule has 7 heteroatoms. The van der Waals surface area contributed by atoms with Gasteiger partial charge in [-0.1, -0.05) is 30.8 Å². The molecule has 2 aromatic rings. The number of nitrogen functional groups attached to an aromatic ring is 2. The van der Waals surface area contributed by atoms with Crippen molar-refractivity contribution in [1.29, 1.82) is 0 Å². The van der Waals surface area contributed by atoms with Gasteiger partial charge in [0.15, 0.2) is 5.82 Å². The highest BCUT2D eigenvalue weighted by Gasteiger charge is 2.09. The molecule has 1 aromatic heterocycles. The average Bonchev–Trinajstić information content (AvgIpc) is 2.77. The smallest absolute Gasteiger partial charge is 0.210 e. The number of rotatable bonds is 6. The second-order valence-electron chi connectivity index (χ2n) is 3.94. The summed E-state index contributed by atoms with van der Waals surface area (Å²) in [7, 11) is 0. The molecule has 5 nitrogen and oxygen atoms in total. The Labute approximate surface area is 121 Å². The standard InChI is InChI=1S/C12H17N5S2/c1-2-18-8-11-15-16-12(17(11)14)19-7-9-3-5-10(13)6-4-9/h3-6H,2,7-8,13-14H2,1H3. The summed E-state index contributed by atoms with van der Waals surface area (Å²) in [4.78, 5) is 0. The van der Waals surface area contributed by atoms with Crippen LogP contribution in [0.25, 0.3) is 0 Å². The Kier molecular flexibility index (Phi) is 4.98. The molecular formula is C12H17N5S2. The van der Waals surface area contributed by atoms with Crippen LogP contribution in [0.15, 0.2) is 29.4 Å². The number of nitrogens with zero attached hydrogens (tertiary/aromatic N) is 3. The molecule has 0 unspecified atom stereocenters. The van der Waals surface area contributed by atoms with Crippen LogP contribution >= 0.6 is 23.5 Å². The monoisotopic (exact) mass is 295 g/mol. The van der Waals surface area contributed by atoms with E-state index in [1.165, 1.54) is 5.56 Å². The first-order chi connectivity index (χ1) is 9.20. The Hall–Kier alpha value is -1.34. The molecule has 0 amide bonds. The summed E-state index contributed by atoms with van der Waals surface area (Å²) in [5.74, 6) is 9.42. The van der Waals surface area contributed by atoms with Crippen LogP contribution in [0.2, 0.25) is 0 Å². The topological polar surface area (TPSA) is 82.8 Å². The Bertz CT molecular complexity index is 523. The summed E-state index contributed by atoms with van der Waals surface area (Å²) in [5.41, 5.74) is 7.61. The number of thioether (sulfide) groups is 2. The van der Waals surface area contributed by atoms with Gasteiger partial charge in [0.05, 0.1) is 5.75 Å². The van der Waals surface area contributed by atoms with Crippen molar-refractivity contribution in [2.24, 2.45) is 0 Å². The van der Waals surface area contributed by atoms with E-state index in [9.17, 15) is 0 Å². The van der Waals surface area contributed by atoms with E-state index in [4.69, 9.17) is 11.6 Å². The lowest BCUT2D eigenvalue weighted by Gasteiger charge is -2.03. The molecule has 0 saturated carbocycles. The van der Waals surface area contributed by atoms with Gasteiger partial charge in [-0.15, -0.1) is 10.2 Å². The second kappa shape index (κ2) is 6.72. The molecule has 1 heterocycles. The fourth-order valence-electron chi connectivity index (χ4n) is 1.46. The molecule has 0 aliphatic carbocycles. The molecule has 0 aliphatic rings. The van der Waals surface area contributed by atoms with Crippen LogP contribution < -0.4 is 11.6 Å². The van der Waals surface area contributed by atoms with Crippen molar-refractivity contribution in [3.8, 4) is 0 Å². The fraction of sp³-hybridized carbons (Fsp3) is 0.333. The fourth-order valence-corrected chi connectivity index (χ4v) is 2.87. The SMILES string of the molecule is CCSCc1nnc(SCc2ccc(N)cc2)n1N. The minimum Gasteiger partial charge on any atom is -0.399 e. The largest absolute Gasteiger partial charge is 0.399 e. The maximum absolute atomic E-state index is 5.97. The Balaban J connectivity index is 1.96.